The van der Waals surface area contributed by atoms with E-state index in [0.717, 1.165) is 29.6 Å². The summed E-state index contributed by atoms with van der Waals surface area (Å²) in [4.78, 5) is 2.28. The summed E-state index contributed by atoms with van der Waals surface area (Å²) < 4.78 is 5.58. The summed E-state index contributed by atoms with van der Waals surface area (Å²) in [6.07, 6.45) is 1.18. The van der Waals surface area contributed by atoms with Crippen molar-refractivity contribution in [3.63, 3.8) is 0 Å². The van der Waals surface area contributed by atoms with Gasteiger partial charge in [-0.25, -0.2) is 0 Å². The van der Waals surface area contributed by atoms with Crippen LogP contribution < -0.4 is 5.32 Å². The summed E-state index contributed by atoms with van der Waals surface area (Å²) in [6, 6.07) is 8.51. The molecule has 1 atom stereocenters. The van der Waals surface area contributed by atoms with Crippen LogP contribution in [0.15, 0.2) is 28.7 Å². The van der Waals surface area contributed by atoms with Gasteiger partial charge in [0.2, 0.25) is 0 Å². The molecule has 1 aromatic carbocycles. The minimum Gasteiger partial charge on any atom is -0.444 e. The Kier molecular flexibility index (Phi) is 5.68. The van der Waals surface area contributed by atoms with Crippen molar-refractivity contribution in [3.8, 4) is 0 Å². The quantitative estimate of drug-likeness (QED) is 0.833. The molecule has 0 aliphatic heterocycles. The minimum absolute atomic E-state index is 0.494. The molecule has 0 spiro atoms. The summed E-state index contributed by atoms with van der Waals surface area (Å²) in [6.45, 7) is 6.20. The fraction of sp³-hybridized carbons (Fsp3) is 0.529. The summed E-state index contributed by atoms with van der Waals surface area (Å²) >= 11 is 6.21. The summed E-state index contributed by atoms with van der Waals surface area (Å²) in [5.74, 6) is 0.692. The number of likely N-dealkylation sites (N-methyl/N-ethyl adjacent to an activating group) is 1. The molecule has 0 amide bonds. The van der Waals surface area contributed by atoms with Crippen molar-refractivity contribution in [2.45, 2.75) is 32.9 Å². The van der Waals surface area contributed by atoms with Crippen LogP contribution in [0.3, 0.4) is 0 Å². The van der Waals surface area contributed by atoms with E-state index in [4.69, 9.17) is 16.0 Å². The maximum absolute atomic E-state index is 6.21. The van der Waals surface area contributed by atoms with E-state index in [2.05, 4.69) is 44.2 Å². The molecule has 0 aliphatic rings. The molecule has 2 aromatic rings. The average molecular weight is 309 g/mol. The molecule has 1 unspecified atom stereocenters. The summed E-state index contributed by atoms with van der Waals surface area (Å²) in [5, 5.41) is 5.11. The molecule has 1 aromatic heterocycles. The summed E-state index contributed by atoms with van der Waals surface area (Å²) in [7, 11) is 4.27. The molecule has 0 saturated carbocycles. The van der Waals surface area contributed by atoms with E-state index in [-0.39, 0.29) is 0 Å². The molecule has 0 fully saturated rings. The van der Waals surface area contributed by atoms with Crippen LogP contribution in [-0.2, 0) is 6.54 Å². The molecule has 4 heteroatoms. The van der Waals surface area contributed by atoms with Crippen LogP contribution in [0.4, 0.5) is 0 Å². The number of fused-ring (bicyclic) bond motifs is 1. The van der Waals surface area contributed by atoms with E-state index in [1.807, 2.05) is 18.2 Å². The predicted octanol–water partition coefficient (Wildman–Crippen LogP) is 4.15. The van der Waals surface area contributed by atoms with Gasteiger partial charge in [0.05, 0.1) is 0 Å². The van der Waals surface area contributed by atoms with E-state index >= 15 is 0 Å². The first-order chi connectivity index (χ1) is 9.99. The lowest BCUT2D eigenvalue weighted by Crippen LogP contribution is -2.38. The Morgan fingerprint density at radius 1 is 1.24 bits per heavy atom. The van der Waals surface area contributed by atoms with Crippen LogP contribution in [0.25, 0.3) is 11.0 Å². The first-order valence-corrected chi connectivity index (χ1v) is 7.90. The van der Waals surface area contributed by atoms with Crippen molar-refractivity contribution in [1.82, 2.24) is 10.2 Å². The van der Waals surface area contributed by atoms with E-state index in [9.17, 15) is 0 Å². The number of para-hydroxylation sites is 1. The zero-order valence-corrected chi connectivity index (χ0v) is 14.1. The predicted molar refractivity (Wildman–Crippen MR) is 89.9 cm³/mol. The van der Waals surface area contributed by atoms with Crippen LogP contribution in [0.2, 0.25) is 5.22 Å². The van der Waals surface area contributed by atoms with Gasteiger partial charge in [0.15, 0.2) is 5.22 Å². The Morgan fingerprint density at radius 3 is 2.62 bits per heavy atom. The molecular formula is C17H25ClN2O. The van der Waals surface area contributed by atoms with Crippen molar-refractivity contribution in [1.29, 1.82) is 0 Å². The van der Waals surface area contributed by atoms with Crippen molar-refractivity contribution in [2.75, 3.05) is 20.6 Å². The highest BCUT2D eigenvalue weighted by Gasteiger charge is 2.15. The molecule has 0 aliphatic carbocycles. The van der Waals surface area contributed by atoms with E-state index in [0.29, 0.717) is 17.2 Å². The number of furan rings is 1. The van der Waals surface area contributed by atoms with Gasteiger partial charge in [0.25, 0.3) is 0 Å². The van der Waals surface area contributed by atoms with Gasteiger partial charge in [-0.15, -0.1) is 0 Å². The average Bonchev–Trinajstić information content (AvgIpc) is 2.73. The smallest absolute Gasteiger partial charge is 0.199 e. The Bertz CT molecular complexity index is 577. The number of halogens is 1. The van der Waals surface area contributed by atoms with Gasteiger partial charge in [-0.05, 0) is 44.1 Å². The van der Waals surface area contributed by atoms with Crippen LogP contribution in [0.1, 0.15) is 25.8 Å². The lowest BCUT2D eigenvalue weighted by molar-refractivity contribution is 0.246. The zero-order chi connectivity index (χ0) is 15.4. The molecule has 1 N–H and O–H groups in total. The molecular weight excluding hydrogens is 284 g/mol. The molecule has 2 rings (SSSR count). The van der Waals surface area contributed by atoms with Crippen molar-refractivity contribution >= 4 is 22.6 Å². The number of benzene rings is 1. The third kappa shape index (κ3) is 4.22. The molecule has 1 heterocycles. The summed E-state index contributed by atoms with van der Waals surface area (Å²) in [5.41, 5.74) is 1.90. The van der Waals surface area contributed by atoms with Crippen LogP contribution >= 0.6 is 11.6 Å². The molecule has 0 bridgehead atoms. The third-order valence-electron chi connectivity index (χ3n) is 3.80. The van der Waals surface area contributed by atoms with Gasteiger partial charge in [-0.3, -0.25) is 0 Å². The topological polar surface area (TPSA) is 28.4 Å². The highest BCUT2D eigenvalue weighted by molar-refractivity contribution is 6.30. The highest BCUT2D eigenvalue weighted by atomic mass is 35.5. The van der Waals surface area contributed by atoms with E-state index in [1.165, 1.54) is 6.42 Å². The Morgan fingerprint density at radius 2 is 1.95 bits per heavy atom. The minimum atomic E-state index is 0.494. The standard InChI is InChI=1S/C17H25ClN2O/c1-12(2)9-13(20(3)4)10-19-11-15-14-7-5-6-8-16(14)21-17(15)18/h5-8,12-13,19H,9-11H2,1-4H3. The lowest BCUT2D eigenvalue weighted by Gasteiger charge is -2.26. The lowest BCUT2D eigenvalue weighted by atomic mass is 10.0. The number of nitrogens with zero attached hydrogens (tertiary/aromatic N) is 1. The normalized spacial score (nSPS) is 13.5. The molecule has 116 valence electrons. The number of rotatable bonds is 7. The van der Waals surface area contributed by atoms with Gasteiger partial charge < -0.3 is 14.6 Å². The largest absolute Gasteiger partial charge is 0.444 e. The van der Waals surface area contributed by atoms with Crippen LogP contribution in [0, 0.1) is 5.92 Å². The van der Waals surface area contributed by atoms with Gasteiger partial charge in [-0.2, -0.15) is 0 Å². The van der Waals surface area contributed by atoms with Crippen LogP contribution in [0.5, 0.6) is 0 Å². The second-order valence-electron chi connectivity index (χ2n) is 6.23. The number of hydrogen-bond donors (Lipinski definition) is 1. The first-order valence-electron chi connectivity index (χ1n) is 7.52. The maximum atomic E-state index is 6.21. The van der Waals surface area contributed by atoms with Gasteiger partial charge in [0.1, 0.15) is 5.58 Å². The zero-order valence-electron chi connectivity index (χ0n) is 13.3. The van der Waals surface area contributed by atoms with Gasteiger partial charge >= 0.3 is 0 Å². The third-order valence-corrected chi connectivity index (χ3v) is 4.11. The molecule has 21 heavy (non-hydrogen) atoms. The van der Waals surface area contributed by atoms with Crippen LogP contribution in [-0.4, -0.2) is 31.6 Å². The monoisotopic (exact) mass is 308 g/mol. The fourth-order valence-electron chi connectivity index (χ4n) is 2.62. The maximum Gasteiger partial charge on any atom is 0.199 e. The highest BCUT2D eigenvalue weighted by Crippen LogP contribution is 2.29. The molecule has 0 saturated heterocycles. The van der Waals surface area contributed by atoms with Crippen molar-refractivity contribution in [3.05, 3.63) is 35.0 Å². The number of nitrogens with one attached hydrogen (secondary N) is 1. The van der Waals surface area contributed by atoms with Gasteiger partial charge in [-0.1, -0.05) is 32.0 Å². The Labute approximate surface area is 132 Å². The molecule has 0 radical (unpaired) electrons. The van der Waals surface area contributed by atoms with Crippen molar-refractivity contribution < 1.29 is 4.42 Å². The van der Waals surface area contributed by atoms with Crippen molar-refractivity contribution in [2.24, 2.45) is 5.92 Å². The Hall–Kier alpha value is -1.03. The van der Waals surface area contributed by atoms with E-state index in [1.54, 1.807) is 0 Å². The SMILES string of the molecule is CC(C)CC(CNCc1c(Cl)oc2ccccc12)N(C)C. The fourth-order valence-corrected chi connectivity index (χ4v) is 2.87. The van der Waals surface area contributed by atoms with E-state index < -0.39 is 0 Å². The second kappa shape index (κ2) is 7.30. The number of hydrogen-bond acceptors (Lipinski definition) is 3. The molecule has 3 nitrogen and oxygen atoms in total. The first kappa shape index (κ1) is 16.3. The second-order valence-corrected chi connectivity index (χ2v) is 6.57. The van der Waals surface area contributed by atoms with Gasteiger partial charge in [0, 0.05) is 30.1 Å². The Balaban J connectivity index is 1.99.